The number of rotatable bonds is 5. The third kappa shape index (κ3) is 2.89. The van der Waals surface area contributed by atoms with E-state index in [1.54, 1.807) is 11.9 Å². The van der Waals surface area contributed by atoms with Crippen molar-refractivity contribution in [2.75, 3.05) is 31.7 Å². The predicted molar refractivity (Wildman–Crippen MR) is 115 cm³/mol. The van der Waals surface area contributed by atoms with E-state index >= 15 is 0 Å². The fourth-order valence-electron chi connectivity index (χ4n) is 4.37. The minimum Gasteiger partial charge on any atom is -0.380 e. The van der Waals surface area contributed by atoms with Crippen molar-refractivity contribution in [3.63, 3.8) is 0 Å². The molecule has 2 unspecified atom stereocenters. The maximum Gasteiger partial charge on any atom is 0.328 e. The van der Waals surface area contributed by atoms with Gasteiger partial charge in [-0.3, -0.25) is 19.5 Å². The molecule has 3 aliphatic heterocycles. The molecule has 0 radical (unpaired) electrons. The molecule has 1 aromatic carbocycles. The first-order valence-electron chi connectivity index (χ1n) is 10.4. The van der Waals surface area contributed by atoms with Gasteiger partial charge >= 0.3 is 6.03 Å². The molecule has 160 valence electrons. The summed E-state index contributed by atoms with van der Waals surface area (Å²) < 4.78 is 5.38. The normalized spacial score (nSPS) is 23.5. The number of aliphatic imine (C=N–C) groups is 1. The summed E-state index contributed by atoms with van der Waals surface area (Å²) in [4.78, 5) is 38.0. The number of nitrogens with zero attached hydrogens (tertiary/aromatic N) is 5. The van der Waals surface area contributed by atoms with E-state index in [0.717, 1.165) is 28.2 Å². The molecule has 0 aliphatic carbocycles. The number of hydrogen-bond donors (Lipinski definition) is 0. The first-order chi connectivity index (χ1) is 14.3. The molecule has 0 spiro atoms. The Morgan fingerprint density at radius 3 is 2.53 bits per heavy atom. The number of anilines is 1. The van der Waals surface area contributed by atoms with Crippen LogP contribution in [0.3, 0.4) is 0 Å². The van der Waals surface area contributed by atoms with Crippen LogP contribution in [0.5, 0.6) is 0 Å². The summed E-state index contributed by atoms with van der Waals surface area (Å²) in [6, 6.07) is 5.42. The van der Waals surface area contributed by atoms with E-state index in [9.17, 15) is 9.59 Å². The number of carbonyl (C=O) groups is 2. The van der Waals surface area contributed by atoms with Crippen LogP contribution in [0, 0.1) is 13.8 Å². The number of guanidine groups is 1. The Kier molecular flexibility index (Phi) is 5.05. The average Bonchev–Trinajstić information content (AvgIpc) is 3.21. The van der Waals surface area contributed by atoms with Crippen LogP contribution < -0.4 is 4.90 Å². The van der Waals surface area contributed by atoms with Crippen molar-refractivity contribution in [2.45, 2.75) is 46.8 Å². The molecule has 2 atom stereocenters. The Labute approximate surface area is 177 Å². The third-order valence-corrected chi connectivity index (χ3v) is 6.16. The summed E-state index contributed by atoms with van der Waals surface area (Å²) in [5.74, 6) is 0.477. The predicted octanol–water partition coefficient (Wildman–Crippen LogP) is 2.67. The fraction of sp³-hybridized carbons (Fsp3) is 0.500. The van der Waals surface area contributed by atoms with Crippen LogP contribution in [0.1, 0.15) is 31.9 Å². The van der Waals surface area contributed by atoms with E-state index in [1.807, 2.05) is 25.7 Å². The fourth-order valence-corrected chi connectivity index (χ4v) is 4.37. The molecule has 3 amide bonds. The summed E-state index contributed by atoms with van der Waals surface area (Å²) >= 11 is 0. The number of hydrogen-bond acceptors (Lipinski definition) is 6. The van der Waals surface area contributed by atoms with Gasteiger partial charge in [0, 0.05) is 25.0 Å². The van der Waals surface area contributed by atoms with Crippen LogP contribution in [0.25, 0.3) is 0 Å². The second kappa shape index (κ2) is 7.43. The van der Waals surface area contributed by atoms with Gasteiger partial charge in [-0.25, -0.2) is 9.79 Å². The molecule has 3 aliphatic rings. The van der Waals surface area contributed by atoms with Crippen molar-refractivity contribution in [1.29, 1.82) is 0 Å². The number of ether oxygens (including phenoxy) is 1. The van der Waals surface area contributed by atoms with Crippen molar-refractivity contribution in [3.05, 3.63) is 40.7 Å². The topological polar surface area (TPSA) is 68.7 Å². The number of likely N-dealkylation sites (N-methyl/N-ethyl adjacent to an activating group) is 1. The summed E-state index contributed by atoms with van der Waals surface area (Å²) in [5, 5.41) is 0. The van der Waals surface area contributed by atoms with Gasteiger partial charge in [-0.1, -0.05) is 12.1 Å². The molecule has 3 heterocycles. The number of aryl methyl sites for hydroxylation is 2. The molecule has 1 aromatic rings. The Balaban J connectivity index is 1.73. The Hall–Kier alpha value is -2.87. The Morgan fingerprint density at radius 1 is 1.10 bits per heavy atom. The first kappa shape index (κ1) is 20.4. The lowest BCUT2D eigenvalue weighted by atomic mass is 10.1. The van der Waals surface area contributed by atoms with E-state index in [-0.39, 0.29) is 18.5 Å². The smallest absolute Gasteiger partial charge is 0.328 e. The minimum atomic E-state index is -0.561. The summed E-state index contributed by atoms with van der Waals surface area (Å²) in [7, 11) is 1.71. The summed E-state index contributed by atoms with van der Waals surface area (Å²) in [6.45, 7) is 11.2. The molecule has 0 aromatic heterocycles. The van der Waals surface area contributed by atoms with Gasteiger partial charge in [0.2, 0.25) is 5.96 Å². The van der Waals surface area contributed by atoms with Crippen molar-refractivity contribution < 1.29 is 14.3 Å². The maximum absolute atomic E-state index is 13.4. The van der Waals surface area contributed by atoms with Crippen LogP contribution in [0.4, 0.5) is 10.5 Å². The zero-order chi connectivity index (χ0) is 21.7. The highest BCUT2D eigenvalue weighted by Crippen LogP contribution is 2.40. The molecular weight excluding hydrogens is 382 g/mol. The number of imide groups is 1. The van der Waals surface area contributed by atoms with Gasteiger partial charge in [0.15, 0.2) is 12.2 Å². The van der Waals surface area contributed by atoms with E-state index in [0.29, 0.717) is 19.2 Å². The Bertz CT molecular complexity index is 970. The van der Waals surface area contributed by atoms with E-state index in [4.69, 9.17) is 9.73 Å². The Morgan fingerprint density at radius 2 is 1.83 bits per heavy atom. The number of benzene rings is 1. The molecule has 8 nitrogen and oxygen atoms in total. The zero-order valence-corrected chi connectivity index (χ0v) is 18.5. The average molecular weight is 412 g/mol. The van der Waals surface area contributed by atoms with Gasteiger partial charge in [-0.05, 0) is 51.8 Å². The molecule has 1 saturated heterocycles. The SMILES string of the molecule is CCOCCN1C(=O)C2C(N=C3N(c4cc(C)ccc4C)C(C)=C(C)N32)N(C)C1=O. The molecular formula is C22H29N5O3. The van der Waals surface area contributed by atoms with E-state index in [1.165, 1.54) is 4.90 Å². The van der Waals surface area contributed by atoms with Crippen molar-refractivity contribution in [3.8, 4) is 0 Å². The third-order valence-electron chi connectivity index (χ3n) is 6.16. The second-order valence-corrected chi connectivity index (χ2v) is 8.03. The molecule has 1 fully saturated rings. The number of carbonyl (C=O) groups excluding carboxylic acids is 2. The van der Waals surface area contributed by atoms with Crippen LogP contribution in [0.15, 0.2) is 34.6 Å². The molecule has 0 bridgehead atoms. The first-order valence-corrected chi connectivity index (χ1v) is 10.4. The highest BCUT2D eigenvalue weighted by atomic mass is 16.5. The van der Waals surface area contributed by atoms with E-state index < -0.39 is 12.2 Å². The molecule has 0 N–H and O–H groups in total. The lowest BCUT2D eigenvalue weighted by Gasteiger charge is -2.40. The second-order valence-electron chi connectivity index (χ2n) is 8.03. The van der Waals surface area contributed by atoms with Gasteiger partial charge in [-0.2, -0.15) is 0 Å². The summed E-state index contributed by atoms with van der Waals surface area (Å²) in [5.41, 5.74) is 5.33. The van der Waals surface area contributed by atoms with Gasteiger partial charge in [0.1, 0.15) is 0 Å². The van der Waals surface area contributed by atoms with Crippen molar-refractivity contribution in [1.82, 2.24) is 14.7 Å². The van der Waals surface area contributed by atoms with Crippen molar-refractivity contribution >= 4 is 23.6 Å². The monoisotopic (exact) mass is 411 g/mol. The minimum absolute atomic E-state index is 0.225. The number of fused-ring (bicyclic) bond motifs is 3. The largest absolute Gasteiger partial charge is 0.380 e. The number of amides is 3. The lowest BCUT2D eigenvalue weighted by molar-refractivity contribution is -0.137. The van der Waals surface area contributed by atoms with Crippen LogP contribution >= 0.6 is 0 Å². The molecule has 4 rings (SSSR count). The number of allylic oxidation sites excluding steroid dienone is 2. The zero-order valence-electron chi connectivity index (χ0n) is 18.5. The summed E-state index contributed by atoms with van der Waals surface area (Å²) in [6.07, 6.45) is -0.543. The molecule has 8 heteroatoms. The van der Waals surface area contributed by atoms with Crippen LogP contribution in [-0.4, -0.2) is 71.6 Å². The van der Waals surface area contributed by atoms with Gasteiger partial charge < -0.3 is 9.64 Å². The van der Waals surface area contributed by atoms with E-state index in [2.05, 4.69) is 36.9 Å². The standard InChI is InChI=1S/C22H29N5O3/c1-7-30-11-10-25-20(28)18-19(24(6)22(25)29)23-21-26(15(4)16(5)27(18)21)17-12-13(2)8-9-14(17)3/h8-9,12,18-19H,7,10-11H2,1-6H3. The quantitative estimate of drug-likeness (QED) is 0.697. The molecule has 30 heavy (non-hydrogen) atoms. The van der Waals surface area contributed by atoms with Crippen LogP contribution in [0.2, 0.25) is 0 Å². The lowest BCUT2D eigenvalue weighted by Crippen LogP contribution is -2.65. The number of urea groups is 1. The maximum atomic E-state index is 13.4. The van der Waals surface area contributed by atoms with Crippen molar-refractivity contribution in [2.24, 2.45) is 4.99 Å². The van der Waals surface area contributed by atoms with Gasteiger partial charge in [0.05, 0.1) is 18.8 Å². The highest BCUT2D eigenvalue weighted by molar-refractivity contribution is 6.10. The highest BCUT2D eigenvalue weighted by Gasteiger charge is 2.55. The van der Waals surface area contributed by atoms with Crippen LogP contribution in [-0.2, 0) is 9.53 Å². The van der Waals surface area contributed by atoms with Gasteiger partial charge in [-0.15, -0.1) is 0 Å². The van der Waals surface area contributed by atoms with Gasteiger partial charge in [0.25, 0.3) is 5.91 Å². The molecule has 0 saturated carbocycles.